The van der Waals surface area contributed by atoms with Gasteiger partial charge in [0, 0.05) is 23.7 Å². The minimum Gasteiger partial charge on any atom is -0.422 e. The molecule has 0 saturated carbocycles. The Morgan fingerprint density at radius 3 is 2.74 bits per heavy atom. The summed E-state index contributed by atoms with van der Waals surface area (Å²) < 4.78 is 5.41. The van der Waals surface area contributed by atoms with Gasteiger partial charge in [0.05, 0.1) is 12.1 Å². The zero-order chi connectivity index (χ0) is 19.4. The van der Waals surface area contributed by atoms with Crippen molar-refractivity contribution in [2.24, 2.45) is 0 Å². The molecule has 0 atom stereocenters. The van der Waals surface area contributed by atoms with Crippen LogP contribution in [0.5, 0.6) is 0 Å². The highest BCUT2D eigenvalue weighted by atomic mass is 16.4. The summed E-state index contributed by atoms with van der Waals surface area (Å²) in [4.78, 5) is 24.3. The molecule has 3 rings (SSSR count). The second kappa shape index (κ2) is 7.79. The fourth-order valence-corrected chi connectivity index (χ4v) is 2.92. The number of carbonyl (C=O) groups is 1. The molecule has 0 aliphatic rings. The number of hydrogen-bond acceptors (Lipinski definition) is 4. The summed E-state index contributed by atoms with van der Waals surface area (Å²) in [5, 5.41) is 6.78. The summed E-state index contributed by atoms with van der Waals surface area (Å²) in [6.07, 6.45) is 5.20. The van der Waals surface area contributed by atoms with Gasteiger partial charge in [0.25, 0.3) is 5.91 Å². The molecule has 3 aromatic rings. The second-order valence-electron chi connectivity index (χ2n) is 6.26. The number of para-hydroxylation sites is 1. The predicted octanol–water partition coefficient (Wildman–Crippen LogP) is 3.38. The van der Waals surface area contributed by atoms with Gasteiger partial charge in [-0.2, -0.15) is 0 Å². The minimum absolute atomic E-state index is 0.163. The Kier molecular flexibility index (Phi) is 5.28. The molecule has 136 valence electrons. The van der Waals surface area contributed by atoms with E-state index in [1.54, 1.807) is 12.1 Å². The molecule has 27 heavy (non-hydrogen) atoms. The van der Waals surface area contributed by atoms with Gasteiger partial charge in [0.1, 0.15) is 5.58 Å². The average Bonchev–Trinajstić information content (AvgIpc) is 2.67. The van der Waals surface area contributed by atoms with Crippen LogP contribution in [-0.4, -0.2) is 12.5 Å². The van der Waals surface area contributed by atoms with E-state index in [1.165, 1.54) is 6.07 Å². The van der Waals surface area contributed by atoms with Gasteiger partial charge >= 0.3 is 5.63 Å². The van der Waals surface area contributed by atoms with Gasteiger partial charge in [-0.25, -0.2) is 4.79 Å². The standard InChI is InChI=1S/C22H20N2O3/c1-4-11-23-22(26)18-7-5-6-8-19(18)24-13-16-12-20(25)27-21-15(3)14(2)9-10-17(16)21/h1,5-10,12,24H,11,13H2,2-3H3,(H,23,26). The third-order valence-corrected chi connectivity index (χ3v) is 4.51. The van der Waals surface area contributed by atoms with E-state index in [0.29, 0.717) is 23.4 Å². The van der Waals surface area contributed by atoms with Crippen LogP contribution in [-0.2, 0) is 6.54 Å². The Labute approximate surface area is 157 Å². The molecule has 1 heterocycles. The molecule has 1 aromatic heterocycles. The summed E-state index contributed by atoms with van der Waals surface area (Å²) in [7, 11) is 0. The van der Waals surface area contributed by atoms with E-state index >= 15 is 0 Å². The highest BCUT2D eigenvalue weighted by Crippen LogP contribution is 2.24. The molecule has 0 unspecified atom stereocenters. The minimum atomic E-state index is -0.395. The van der Waals surface area contributed by atoms with E-state index in [9.17, 15) is 9.59 Å². The molecule has 0 radical (unpaired) electrons. The van der Waals surface area contributed by atoms with Crippen molar-refractivity contribution in [1.82, 2.24) is 5.32 Å². The molecule has 0 spiro atoms. The average molecular weight is 360 g/mol. The topological polar surface area (TPSA) is 71.3 Å². The van der Waals surface area contributed by atoms with Gasteiger partial charge in [0.15, 0.2) is 0 Å². The number of carbonyl (C=O) groups excluding carboxylic acids is 1. The van der Waals surface area contributed by atoms with E-state index in [-0.39, 0.29) is 12.5 Å². The molecule has 0 saturated heterocycles. The molecule has 2 N–H and O–H groups in total. The fourth-order valence-electron chi connectivity index (χ4n) is 2.92. The van der Waals surface area contributed by atoms with Gasteiger partial charge in [-0.3, -0.25) is 4.79 Å². The first-order valence-corrected chi connectivity index (χ1v) is 8.58. The third-order valence-electron chi connectivity index (χ3n) is 4.51. The maximum absolute atomic E-state index is 12.3. The monoisotopic (exact) mass is 360 g/mol. The first-order valence-electron chi connectivity index (χ1n) is 8.58. The SMILES string of the molecule is C#CCNC(=O)c1ccccc1NCc1cc(=O)oc2c(C)c(C)ccc12. The van der Waals surface area contributed by atoms with Crippen molar-refractivity contribution < 1.29 is 9.21 Å². The quantitative estimate of drug-likeness (QED) is 0.540. The van der Waals surface area contributed by atoms with Crippen LogP contribution < -0.4 is 16.3 Å². The normalized spacial score (nSPS) is 10.4. The largest absolute Gasteiger partial charge is 0.422 e. The van der Waals surface area contributed by atoms with E-state index in [2.05, 4.69) is 16.6 Å². The molecule has 5 nitrogen and oxygen atoms in total. The Bertz CT molecular complexity index is 1110. The maximum Gasteiger partial charge on any atom is 0.336 e. The molecule has 0 aliphatic carbocycles. The van der Waals surface area contributed by atoms with Crippen molar-refractivity contribution in [2.45, 2.75) is 20.4 Å². The summed E-state index contributed by atoms with van der Waals surface area (Å²) >= 11 is 0. The number of anilines is 1. The van der Waals surface area contributed by atoms with Crippen LogP contribution >= 0.6 is 0 Å². The number of nitrogens with one attached hydrogen (secondary N) is 2. The van der Waals surface area contributed by atoms with Crippen LogP contribution in [0.25, 0.3) is 11.0 Å². The number of fused-ring (bicyclic) bond motifs is 1. The summed E-state index contributed by atoms with van der Waals surface area (Å²) in [5.74, 6) is 2.13. The van der Waals surface area contributed by atoms with Gasteiger partial charge in [0.2, 0.25) is 0 Å². The van der Waals surface area contributed by atoms with Crippen molar-refractivity contribution in [1.29, 1.82) is 0 Å². The highest BCUT2D eigenvalue weighted by molar-refractivity contribution is 5.99. The molecule has 0 fully saturated rings. The number of hydrogen-bond donors (Lipinski definition) is 2. The summed E-state index contributed by atoms with van der Waals surface area (Å²) in [6.45, 7) is 4.45. The first kappa shape index (κ1) is 18.3. The van der Waals surface area contributed by atoms with Gasteiger partial charge in [-0.05, 0) is 42.7 Å². The maximum atomic E-state index is 12.3. The Morgan fingerprint density at radius 2 is 1.96 bits per heavy atom. The molecular weight excluding hydrogens is 340 g/mol. The summed E-state index contributed by atoms with van der Waals surface area (Å²) in [6, 6.07) is 12.6. The lowest BCUT2D eigenvalue weighted by Crippen LogP contribution is -2.24. The first-order chi connectivity index (χ1) is 13.0. The van der Waals surface area contributed by atoms with Gasteiger partial charge in [-0.15, -0.1) is 6.42 Å². The molecule has 0 bridgehead atoms. The van der Waals surface area contributed by atoms with Crippen LogP contribution in [0.2, 0.25) is 0 Å². The lowest BCUT2D eigenvalue weighted by atomic mass is 10.0. The van der Waals surface area contributed by atoms with Crippen molar-refractivity contribution in [3.8, 4) is 12.3 Å². The molecular formula is C22H20N2O3. The molecule has 1 amide bonds. The van der Waals surface area contributed by atoms with E-state index in [0.717, 1.165) is 22.1 Å². The Morgan fingerprint density at radius 1 is 1.19 bits per heavy atom. The van der Waals surface area contributed by atoms with Crippen LogP contribution in [0.4, 0.5) is 5.69 Å². The molecule has 0 aliphatic heterocycles. The van der Waals surface area contributed by atoms with E-state index < -0.39 is 5.63 Å². The zero-order valence-electron chi connectivity index (χ0n) is 15.3. The van der Waals surface area contributed by atoms with Crippen LogP contribution in [0.3, 0.4) is 0 Å². The van der Waals surface area contributed by atoms with Crippen molar-refractivity contribution >= 4 is 22.6 Å². The number of terminal acetylenes is 1. The highest BCUT2D eigenvalue weighted by Gasteiger charge is 2.12. The van der Waals surface area contributed by atoms with E-state index in [1.807, 2.05) is 38.1 Å². The fraction of sp³-hybridized carbons (Fsp3) is 0.182. The van der Waals surface area contributed by atoms with E-state index in [4.69, 9.17) is 10.8 Å². The molecule has 5 heteroatoms. The predicted molar refractivity (Wildman–Crippen MR) is 107 cm³/mol. The zero-order valence-corrected chi connectivity index (χ0v) is 15.3. The van der Waals surface area contributed by atoms with Gasteiger partial charge < -0.3 is 15.1 Å². The second-order valence-corrected chi connectivity index (χ2v) is 6.26. The van der Waals surface area contributed by atoms with Crippen molar-refractivity contribution in [3.05, 3.63) is 75.1 Å². The Hall–Kier alpha value is -3.52. The third kappa shape index (κ3) is 3.85. The lowest BCUT2D eigenvalue weighted by Gasteiger charge is -2.13. The Balaban J connectivity index is 1.93. The summed E-state index contributed by atoms with van der Waals surface area (Å²) in [5.41, 5.74) is 4.17. The van der Waals surface area contributed by atoms with Crippen molar-refractivity contribution in [3.63, 3.8) is 0 Å². The number of benzene rings is 2. The van der Waals surface area contributed by atoms with Crippen LogP contribution in [0.1, 0.15) is 27.0 Å². The number of aryl methyl sites for hydroxylation is 2. The van der Waals surface area contributed by atoms with Crippen LogP contribution in [0, 0.1) is 26.2 Å². The van der Waals surface area contributed by atoms with Gasteiger partial charge in [-0.1, -0.05) is 30.2 Å². The van der Waals surface area contributed by atoms with Crippen molar-refractivity contribution in [2.75, 3.05) is 11.9 Å². The smallest absolute Gasteiger partial charge is 0.336 e. The number of rotatable bonds is 5. The number of amides is 1. The lowest BCUT2D eigenvalue weighted by molar-refractivity contribution is 0.0959. The van der Waals surface area contributed by atoms with Crippen LogP contribution in [0.15, 0.2) is 51.7 Å². The molecule has 2 aromatic carbocycles.